The first-order chi connectivity index (χ1) is 10.1. The monoisotopic (exact) mass is 290 g/mol. The predicted molar refractivity (Wildman–Crippen MR) is 89.2 cm³/mol. The first-order valence-corrected chi connectivity index (χ1v) is 8.13. The summed E-state index contributed by atoms with van der Waals surface area (Å²) in [5.41, 5.74) is 6.80. The second kappa shape index (κ2) is 8.83. The van der Waals surface area contributed by atoms with Crippen LogP contribution in [-0.2, 0) is 4.79 Å². The fourth-order valence-electron chi connectivity index (χ4n) is 2.94. The van der Waals surface area contributed by atoms with E-state index >= 15 is 0 Å². The van der Waals surface area contributed by atoms with Gasteiger partial charge in [-0.25, -0.2) is 0 Å². The van der Waals surface area contributed by atoms with Gasteiger partial charge in [-0.3, -0.25) is 4.79 Å². The largest absolute Gasteiger partial charge is 0.355 e. The summed E-state index contributed by atoms with van der Waals surface area (Å²) in [7, 11) is 0. The molecule has 0 fully saturated rings. The van der Waals surface area contributed by atoms with Gasteiger partial charge in [0.25, 0.3) is 0 Å². The number of nitrogens with two attached hydrogens (primary N) is 1. The van der Waals surface area contributed by atoms with E-state index in [0.29, 0.717) is 19.0 Å². The zero-order chi connectivity index (χ0) is 15.7. The Morgan fingerprint density at radius 2 is 1.76 bits per heavy atom. The SMILES string of the molecule is CCCC(CN)(CCC)C(=O)NCC(C)c1ccccc1. The van der Waals surface area contributed by atoms with Crippen molar-refractivity contribution in [2.75, 3.05) is 13.1 Å². The summed E-state index contributed by atoms with van der Waals surface area (Å²) in [6.07, 6.45) is 3.70. The van der Waals surface area contributed by atoms with Crippen molar-refractivity contribution >= 4 is 5.91 Å². The quantitative estimate of drug-likeness (QED) is 0.732. The van der Waals surface area contributed by atoms with E-state index in [1.54, 1.807) is 0 Å². The minimum absolute atomic E-state index is 0.122. The number of nitrogens with one attached hydrogen (secondary N) is 1. The number of carbonyl (C=O) groups excluding carboxylic acids is 1. The van der Waals surface area contributed by atoms with Crippen LogP contribution >= 0.6 is 0 Å². The van der Waals surface area contributed by atoms with E-state index in [2.05, 4.69) is 38.2 Å². The van der Waals surface area contributed by atoms with Crippen molar-refractivity contribution in [2.24, 2.45) is 11.1 Å². The molecule has 3 N–H and O–H groups in total. The van der Waals surface area contributed by atoms with Gasteiger partial charge >= 0.3 is 0 Å². The lowest BCUT2D eigenvalue weighted by atomic mass is 9.78. The molecule has 1 aromatic carbocycles. The van der Waals surface area contributed by atoms with Gasteiger partial charge in [0.1, 0.15) is 0 Å². The van der Waals surface area contributed by atoms with Crippen LogP contribution in [0.2, 0.25) is 0 Å². The van der Waals surface area contributed by atoms with E-state index in [1.165, 1.54) is 5.56 Å². The summed E-state index contributed by atoms with van der Waals surface area (Å²) in [5.74, 6) is 0.436. The van der Waals surface area contributed by atoms with Gasteiger partial charge in [-0.05, 0) is 24.3 Å². The molecule has 1 atom stereocenters. The van der Waals surface area contributed by atoms with Gasteiger partial charge in [0, 0.05) is 13.1 Å². The molecule has 0 aliphatic rings. The second-order valence-electron chi connectivity index (χ2n) is 6.01. The molecule has 1 amide bonds. The highest BCUT2D eigenvalue weighted by Gasteiger charge is 2.35. The zero-order valence-corrected chi connectivity index (χ0v) is 13.7. The van der Waals surface area contributed by atoms with Gasteiger partial charge < -0.3 is 11.1 Å². The summed E-state index contributed by atoms with van der Waals surface area (Å²) in [4.78, 5) is 12.6. The summed E-state index contributed by atoms with van der Waals surface area (Å²) < 4.78 is 0. The normalized spacial score (nSPS) is 13.0. The van der Waals surface area contributed by atoms with Gasteiger partial charge in [0.15, 0.2) is 0 Å². The first-order valence-electron chi connectivity index (χ1n) is 8.13. The fraction of sp³-hybridized carbons (Fsp3) is 0.611. The molecule has 0 aliphatic carbocycles. The van der Waals surface area contributed by atoms with E-state index in [1.807, 2.05) is 18.2 Å². The topological polar surface area (TPSA) is 55.1 Å². The highest BCUT2D eigenvalue weighted by Crippen LogP contribution is 2.29. The number of benzene rings is 1. The van der Waals surface area contributed by atoms with Crippen molar-refractivity contribution in [1.82, 2.24) is 5.32 Å². The number of amides is 1. The third kappa shape index (κ3) is 4.85. The molecule has 0 saturated heterocycles. The molecule has 0 spiro atoms. The van der Waals surface area contributed by atoms with Crippen LogP contribution in [0.4, 0.5) is 0 Å². The lowest BCUT2D eigenvalue weighted by Crippen LogP contribution is -2.46. The first kappa shape index (κ1) is 17.7. The van der Waals surface area contributed by atoms with Crippen LogP contribution in [0.5, 0.6) is 0 Å². The Kier molecular flexibility index (Phi) is 7.44. The van der Waals surface area contributed by atoms with Crippen molar-refractivity contribution in [3.63, 3.8) is 0 Å². The van der Waals surface area contributed by atoms with Crippen LogP contribution in [0.25, 0.3) is 0 Å². The molecule has 1 rings (SSSR count). The Labute approximate surface area is 129 Å². The van der Waals surface area contributed by atoms with Crippen molar-refractivity contribution in [3.8, 4) is 0 Å². The number of hydrogen-bond acceptors (Lipinski definition) is 2. The van der Waals surface area contributed by atoms with E-state index < -0.39 is 0 Å². The van der Waals surface area contributed by atoms with E-state index in [0.717, 1.165) is 25.7 Å². The third-order valence-corrected chi connectivity index (χ3v) is 4.27. The maximum atomic E-state index is 12.6. The van der Waals surface area contributed by atoms with Crippen LogP contribution in [0, 0.1) is 5.41 Å². The number of carbonyl (C=O) groups is 1. The van der Waals surface area contributed by atoms with Gasteiger partial charge in [-0.1, -0.05) is 63.9 Å². The lowest BCUT2D eigenvalue weighted by Gasteiger charge is -2.31. The van der Waals surface area contributed by atoms with Crippen molar-refractivity contribution in [1.29, 1.82) is 0 Å². The van der Waals surface area contributed by atoms with E-state index in [-0.39, 0.29) is 11.3 Å². The summed E-state index contributed by atoms with van der Waals surface area (Å²) >= 11 is 0. The minimum Gasteiger partial charge on any atom is -0.355 e. The molecule has 118 valence electrons. The molecule has 0 radical (unpaired) electrons. The summed E-state index contributed by atoms with van der Waals surface area (Å²) in [6, 6.07) is 10.3. The highest BCUT2D eigenvalue weighted by atomic mass is 16.2. The molecule has 0 heterocycles. The Balaban J connectivity index is 2.65. The highest BCUT2D eigenvalue weighted by molar-refractivity contribution is 5.82. The molecule has 0 aromatic heterocycles. The van der Waals surface area contributed by atoms with E-state index in [4.69, 9.17) is 5.73 Å². The Hall–Kier alpha value is -1.35. The maximum absolute atomic E-state index is 12.6. The van der Waals surface area contributed by atoms with Crippen LogP contribution < -0.4 is 11.1 Å². The number of hydrogen-bond donors (Lipinski definition) is 2. The predicted octanol–water partition coefficient (Wildman–Crippen LogP) is 3.45. The maximum Gasteiger partial charge on any atom is 0.227 e. The van der Waals surface area contributed by atoms with Crippen molar-refractivity contribution in [2.45, 2.75) is 52.4 Å². The molecule has 0 aliphatic heterocycles. The third-order valence-electron chi connectivity index (χ3n) is 4.27. The fourth-order valence-corrected chi connectivity index (χ4v) is 2.94. The average molecular weight is 290 g/mol. The molecular formula is C18H30N2O. The molecule has 1 unspecified atom stereocenters. The zero-order valence-electron chi connectivity index (χ0n) is 13.7. The van der Waals surface area contributed by atoms with Crippen LogP contribution in [0.15, 0.2) is 30.3 Å². The van der Waals surface area contributed by atoms with Gasteiger partial charge in [0.05, 0.1) is 5.41 Å². The molecule has 3 nitrogen and oxygen atoms in total. The summed E-state index contributed by atoms with van der Waals surface area (Å²) in [6.45, 7) is 7.46. The number of rotatable bonds is 9. The van der Waals surface area contributed by atoms with E-state index in [9.17, 15) is 4.79 Å². The van der Waals surface area contributed by atoms with Gasteiger partial charge in [-0.2, -0.15) is 0 Å². The minimum atomic E-state index is -0.389. The van der Waals surface area contributed by atoms with Gasteiger partial charge in [0.2, 0.25) is 5.91 Å². The standard InChI is InChI=1S/C18H30N2O/c1-4-11-18(14-19,12-5-2)17(21)20-13-15(3)16-9-7-6-8-10-16/h6-10,15H,4-5,11-14,19H2,1-3H3,(H,20,21). The molecule has 0 bridgehead atoms. The Morgan fingerprint density at radius 1 is 1.19 bits per heavy atom. The summed E-state index contributed by atoms with van der Waals surface area (Å²) in [5, 5.41) is 3.12. The lowest BCUT2D eigenvalue weighted by molar-refractivity contribution is -0.131. The Morgan fingerprint density at radius 3 is 2.24 bits per heavy atom. The average Bonchev–Trinajstić information content (AvgIpc) is 2.52. The van der Waals surface area contributed by atoms with Crippen LogP contribution in [0.1, 0.15) is 57.9 Å². The molecule has 0 saturated carbocycles. The van der Waals surface area contributed by atoms with Crippen LogP contribution in [0.3, 0.4) is 0 Å². The molecular weight excluding hydrogens is 260 g/mol. The smallest absolute Gasteiger partial charge is 0.227 e. The molecule has 3 heteroatoms. The van der Waals surface area contributed by atoms with Gasteiger partial charge in [-0.15, -0.1) is 0 Å². The molecule has 21 heavy (non-hydrogen) atoms. The van der Waals surface area contributed by atoms with Crippen molar-refractivity contribution in [3.05, 3.63) is 35.9 Å². The molecule has 1 aromatic rings. The Bertz CT molecular complexity index is 410. The van der Waals surface area contributed by atoms with Crippen molar-refractivity contribution < 1.29 is 4.79 Å². The second-order valence-corrected chi connectivity index (χ2v) is 6.01. The van der Waals surface area contributed by atoms with Crippen LogP contribution in [-0.4, -0.2) is 19.0 Å².